The molecule has 0 saturated heterocycles. The summed E-state index contributed by atoms with van der Waals surface area (Å²) in [6.45, 7) is 2.13. The lowest BCUT2D eigenvalue weighted by Gasteiger charge is -2.20. The molecule has 3 N–H and O–H groups in total. The monoisotopic (exact) mass is 422 g/mol. The first-order valence-corrected chi connectivity index (χ1v) is 11.3. The molecule has 1 aliphatic carbocycles. The number of aliphatic hydroxyl groups excluding tert-OH is 2. The third kappa shape index (κ3) is 7.70. The highest BCUT2D eigenvalue weighted by Crippen LogP contribution is 2.36. The van der Waals surface area contributed by atoms with Crippen LogP contribution in [0.25, 0.3) is 0 Å². The molecule has 1 fully saturated rings. The summed E-state index contributed by atoms with van der Waals surface area (Å²) in [6.07, 6.45) is 11.3. The fourth-order valence-electron chi connectivity index (χ4n) is 3.96. The molecule has 29 heavy (non-hydrogen) atoms. The average molecular weight is 423 g/mol. The van der Waals surface area contributed by atoms with Gasteiger partial charge in [-0.05, 0) is 62.0 Å². The van der Waals surface area contributed by atoms with Crippen LogP contribution in [-0.4, -0.2) is 46.7 Å². The molecular formula is C23H34O5S. The van der Waals surface area contributed by atoms with E-state index in [0.717, 1.165) is 12.8 Å². The highest BCUT2D eigenvalue weighted by atomic mass is 32.1. The van der Waals surface area contributed by atoms with E-state index in [1.165, 1.54) is 10.4 Å². The van der Waals surface area contributed by atoms with Crippen molar-refractivity contribution in [1.82, 2.24) is 0 Å². The number of carboxylic acid groups (broad SMARTS) is 1. The Hall–Kier alpha value is -1.47. The van der Waals surface area contributed by atoms with E-state index in [2.05, 4.69) is 18.4 Å². The van der Waals surface area contributed by atoms with Crippen molar-refractivity contribution in [2.75, 3.05) is 7.11 Å². The molecule has 1 aliphatic rings. The van der Waals surface area contributed by atoms with Crippen LogP contribution in [0.15, 0.2) is 35.8 Å². The number of thiophene rings is 1. The van der Waals surface area contributed by atoms with E-state index in [1.54, 1.807) is 18.4 Å². The molecule has 0 bridgehead atoms. The number of allylic oxidation sites excluding steroid dienone is 2. The second kappa shape index (κ2) is 12.3. The molecule has 0 spiro atoms. The Labute approximate surface area is 177 Å². The summed E-state index contributed by atoms with van der Waals surface area (Å²) in [4.78, 5) is 11.9. The Morgan fingerprint density at radius 3 is 2.79 bits per heavy atom. The van der Waals surface area contributed by atoms with Gasteiger partial charge in [-0.2, -0.15) is 0 Å². The van der Waals surface area contributed by atoms with Gasteiger partial charge in [-0.25, -0.2) is 0 Å². The zero-order valence-corrected chi connectivity index (χ0v) is 18.2. The van der Waals surface area contributed by atoms with Gasteiger partial charge in [0.1, 0.15) is 0 Å². The van der Waals surface area contributed by atoms with E-state index in [9.17, 15) is 15.0 Å². The quantitative estimate of drug-likeness (QED) is 0.348. The van der Waals surface area contributed by atoms with Crippen molar-refractivity contribution in [3.05, 3.63) is 46.2 Å². The zero-order valence-electron chi connectivity index (χ0n) is 17.4. The van der Waals surface area contributed by atoms with Crippen molar-refractivity contribution in [3.63, 3.8) is 0 Å². The number of unbranched alkanes of at least 4 members (excludes halogenated alkanes) is 1. The highest BCUT2D eigenvalue weighted by Gasteiger charge is 2.39. The van der Waals surface area contributed by atoms with Crippen molar-refractivity contribution >= 4 is 17.3 Å². The van der Waals surface area contributed by atoms with Crippen LogP contribution in [0.1, 0.15) is 49.0 Å². The first-order chi connectivity index (χ1) is 13.9. The summed E-state index contributed by atoms with van der Waals surface area (Å²) in [5.41, 5.74) is 1.35. The Bertz CT molecular complexity index is 681. The van der Waals surface area contributed by atoms with Crippen LogP contribution in [-0.2, 0) is 16.0 Å². The molecule has 1 saturated carbocycles. The summed E-state index contributed by atoms with van der Waals surface area (Å²) >= 11 is 1.76. The number of rotatable bonds is 12. The van der Waals surface area contributed by atoms with Crippen LogP contribution in [0.4, 0.5) is 0 Å². The van der Waals surface area contributed by atoms with Gasteiger partial charge in [0, 0.05) is 30.7 Å². The number of aryl methyl sites for hydroxylation is 2. The second-order valence-corrected chi connectivity index (χ2v) is 8.92. The van der Waals surface area contributed by atoms with Gasteiger partial charge in [0.05, 0.1) is 18.3 Å². The van der Waals surface area contributed by atoms with Gasteiger partial charge in [-0.3, -0.25) is 4.79 Å². The van der Waals surface area contributed by atoms with E-state index in [4.69, 9.17) is 9.84 Å². The number of aliphatic hydroxyl groups is 2. The molecule has 162 valence electrons. The van der Waals surface area contributed by atoms with Crippen LogP contribution in [0.5, 0.6) is 0 Å². The van der Waals surface area contributed by atoms with Crippen molar-refractivity contribution in [3.8, 4) is 0 Å². The van der Waals surface area contributed by atoms with Gasteiger partial charge in [-0.15, -0.1) is 11.3 Å². The lowest BCUT2D eigenvalue weighted by molar-refractivity contribution is -0.137. The lowest BCUT2D eigenvalue weighted by atomic mass is 9.89. The Morgan fingerprint density at radius 2 is 2.14 bits per heavy atom. The van der Waals surface area contributed by atoms with Crippen LogP contribution in [0.3, 0.4) is 0 Å². The summed E-state index contributed by atoms with van der Waals surface area (Å²) in [6, 6.07) is 2.16. The molecule has 2 rings (SSSR count). The molecule has 0 radical (unpaired) electrons. The minimum absolute atomic E-state index is 0.0218. The third-order valence-corrected chi connectivity index (χ3v) is 6.66. The Balaban J connectivity index is 1.88. The van der Waals surface area contributed by atoms with Gasteiger partial charge >= 0.3 is 5.97 Å². The largest absolute Gasteiger partial charge is 0.481 e. The third-order valence-electron chi connectivity index (χ3n) is 5.77. The first kappa shape index (κ1) is 23.8. The highest BCUT2D eigenvalue weighted by molar-refractivity contribution is 7.10. The normalized spacial score (nSPS) is 25.9. The maximum Gasteiger partial charge on any atom is 0.303 e. The van der Waals surface area contributed by atoms with E-state index in [-0.39, 0.29) is 24.4 Å². The summed E-state index contributed by atoms with van der Waals surface area (Å²) in [5.74, 6) is -0.914. The van der Waals surface area contributed by atoms with Crippen LogP contribution < -0.4 is 0 Å². The molecule has 1 aromatic heterocycles. The number of hydrogen-bond donors (Lipinski definition) is 3. The van der Waals surface area contributed by atoms with Gasteiger partial charge in [0.25, 0.3) is 0 Å². The molecule has 1 heterocycles. The van der Waals surface area contributed by atoms with E-state index < -0.39 is 18.2 Å². The summed E-state index contributed by atoms with van der Waals surface area (Å²) in [7, 11) is 1.70. The Kier molecular flexibility index (Phi) is 10.1. The fourth-order valence-corrected chi connectivity index (χ4v) is 4.72. The summed E-state index contributed by atoms with van der Waals surface area (Å²) in [5, 5.41) is 31.5. The summed E-state index contributed by atoms with van der Waals surface area (Å²) < 4.78 is 5.60. The maximum absolute atomic E-state index is 10.5. The average Bonchev–Trinajstić information content (AvgIpc) is 3.20. The van der Waals surface area contributed by atoms with E-state index >= 15 is 0 Å². The minimum Gasteiger partial charge on any atom is -0.481 e. The van der Waals surface area contributed by atoms with Crippen LogP contribution in [0, 0.1) is 18.8 Å². The van der Waals surface area contributed by atoms with Gasteiger partial charge in [0.2, 0.25) is 0 Å². The fraction of sp³-hybridized carbons (Fsp3) is 0.609. The molecule has 5 nitrogen and oxygen atoms in total. The second-order valence-electron chi connectivity index (χ2n) is 7.80. The molecule has 0 aliphatic heterocycles. The topological polar surface area (TPSA) is 87.0 Å². The van der Waals surface area contributed by atoms with Gasteiger partial charge < -0.3 is 20.1 Å². The predicted molar refractivity (Wildman–Crippen MR) is 116 cm³/mol. The smallest absolute Gasteiger partial charge is 0.303 e. The van der Waals surface area contributed by atoms with E-state index in [1.807, 2.05) is 24.3 Å². The molecule has 0 amide bonds. The van der Waals surface area contributed by atoms with E-state index in [0.29, 0.717) is 25.7 Å². The zero-order chi connectivity index (χ0) is 21.2. The number of methoxy groups -OCH3 is 1. The van der Waals surface area contributed by atoms with Gasteiger partial charge in [0.15, 0.2) is 0 Å². The van der Waals surface area contributed by atoms with Crippen molar-refractivity contribution in [2.45, 2.75) is 70.2 Å². The molecule has 6 heteroatoms. The minimum atomic E-state index is -0.778. The van der Waals surface area contributed by atoms with Crippen LogP contribution >= 0.6 is 11.3 Å². The number of carbonyl (C=O) groups is 1. The molecule has 1 aromatic rings. The first-order valence-electron chi connectivity index (χ1n) is 10.4. The van der Waals surface area contributed by atoms with Crippen molar-refractivity contribution < 1.29 is 24.9 Å². The molecule has 0 unspecified atom stereocenters. The molecular weight excluding hydrogens is 388 g/mol. The lowest BCUT2D eigenvalue weighted by Crippen LogP contribution is -2.20. The maximum atomic E-state index is 10.5. The number of ether oxygens (including phenoxy) is 1. The Morgan fingerprint density at radius 1 is 1.34 bits per heavy atom. The van der Waals surface area contributed by atoms with Gasteiger partial charge in [-0.1, -0.05) is 24.3 Å². The standard InChI is InChI=1S/C23H34O5S/c1-16-17(13-14-29-16)9-10-18(28-2)11-12-20-19(21(24)15-22(20)25)7-5-3-4-6-8-23(26)27/h3,5,11-14,18-22,24-25H,4,6-10,15H2,1-2H3,(H,26,27)/t18-,19+,20+,21-,22+/m0/s1. The predicted octanol–water partition coefficient (Wildman–Crippen LogP) is 4.12. The number of aliphatic carboxylic acids is 1. The SMILES string of the molecule is CO[C@H](C=C[C@@H]1[C@@H](CC=CCCCC(=O)O)[C@@H](O)C[C@H]1O)CCc1ccsc1C. The van der Waals surface area contributed by atoms with Crippen LogP contribution in [0.2, 0.25) is 0 Å². The molecule has 5 atom stereocenters. The molecule has 0 aromatic carbocycles. The van der Waals surface area contributed by atoms with Crippen molar-refractivity contribution in [1.29, 1.82) is 0 Å². The number of hydrogen-bond acceptors (Lipinski definition) is 5. The number of carboxylic acids is 1. The van der Waals surface area contributed by atoms with Crippen molar-refractivity contribution in [2.24, 2.45) is 11.8 Å².